The molecule has 14 heteroatoms. The molecule has 0 radical (unpaired) electrons. The molecule has 2 aromatic carbocycles. The SMILES string of the molecule is C#Cc1c(F)ccc2cc(O)cc(-c3nc(OC)c4c(N5CCOC[C@@](C)(O)C5)nc(OC[C@]56CCC[C@H]5N(C5CCC7COC5O7)CCC6)nc4c3F)c12. The van der Waals surface area contributed by atoms with Crippen LogP contribution in [0, 0.1) is 29.4 Å². The summed E-state index contributed by atoms with van der Waals surface area (Å²) in [6, 6.07) is 5.79. The lowest BCUT2D eigenvalue weighted by Crippen LogP contribution is -2.59. The number of aromatic hydroxyl groups is 1. The first-order valence-electron chi connectivity index (χ1n) is 19.2. The summed E-state index contributed by atoms with van der Waals surface area (Å²) in [6.07, 6.45) is 12.8. The Bertz CT molecular complexity index is 2200. The number of phenols is 1. The summed E-state index contributed by atoms with van der Waals surface area (Å²) < 4.78 is 62.8. The lowest BCUT2D eigenvalue weighted by molar-refractivity contribution is -0.157. The fourth-order valence-corrected chi connectivity index (χ4v) is 9.84. The van der Waals surface area contributed by atoms with Gasteiger partial charge in [-0.3, -0.25) is 4.90 Å². The number of ether oxygens (including phenoxy) is 5. The number of fused-ring (bicyclic) bond motifs is 5. The van der Waals surface area contributed by atoms with Crippen molar-refractivity contribution >= 4 is 27.5 Å². The van der Waals surface area contributed by atoms with Crippen molar-refractivity contribution < 1.29 is 42.7 Å². The summed E-state index contributed by atoms with van der Waals surface area (Å²) in [5, 5.41) is 22.7. The number of phenolic OH excluding ortho intramolecular Hbond substituents is 1. The van der Waals surface area contributed by atoms with E-state index in [1.807, 2.05) is 0 Å². The lowest BCUT2D eigenvalue weighted by atomic mass is 9.74. The first-order valence-corrected chi connectivity index (χ1v) is 19.2. The fraction of sp³-hybridized carbons (Fsp3) is 0.537. The predicted octanol–water partition coefficient (Wildman–Crippen LogP) is 5.32. The van der Waals surface area contributed by atoms with Crippen LogP contribution in [0.2, 0.25) is 0 Å². The Morgan fingerprint density at radius 3 is 2.76 bits per heavy atom. The van der Waals surface area contributed by atoms with Crippen LogP contribution in [0.4, 0.5) is 14.6 Å². The number of methoxy groups -OCH3 is 1. The van der Waals surface area contributed by atoms with Crippen LogP contribution in [0.15, 0.2) is 24.3 Å². The number of likely N-dealkylation sites (tertiary alicyclic amines) is 1. The van der Waals surface area contributed by atoms with Crippen LogP contribution >= 0.6 is 0 Å². The molecule has 2 N–H and O–H groups in total. The number of nitrogens with zero attached hydrogens (tertiary/aromatic N) is 5. The molecule has 55 heavy (non-hydrogen) atoms. The number of anilines is 1. The summed E-state index contributed by atoms with van der Waals surface area (Å²) >= 11 is 0. The van der Waals surface area contributed by atoms with Gasteiger partial charge in [0.25, 0.3) is 0 Å². The molecule has 0 spiro atoms. The molecule has 4 saturated heterocycles. The molecule has 9 rings (SSSR count). The minimum absolute atomic E-state index is 0.0173. The van der Waals surface area contributed by atoms with Gasteiger partial charge in [0, 0.05) is 29.0 Å². The molecule has 0 amide bonds. The highest BCUT2D eigenvalue weighted by Gasteiger charge is 2.53. The predicted molar refractivity (Wildman–Crippen MR) is 199 cm³/mol. The van der Waals surface area contributed by atoms with E-state index in [0.717, 1.165) is 51.5 Å². The number of hydrogen-bond donors (Lipinski definition) is 2. The van der Waals surface area contributed by atoms with Gasteiger partial charge in [-0.05, 0) is 75.6 Å². The zero-order chi connectivity index (χ0) is 38.1. The Labute approximate surface area is 317 Å². The van der Waals surface area contributed by atoms with Crippen molar-refractivity contribution in [3.8, 4) is 41.2 Å². The molecule has 1 aliphatic carbocycles. The summed E-state index contributed by atoms with van der Waals surface area (Å²) in [5.74, 6) is 0.892. The van der Waals surface area contributed by atoms with E-state index >= 15 is 8.78 Å². The number of halogens is 2. The highest BCUT2D eigenvalue weighted by molar-refractivity contribution is 6.04. The van der Waals surface area contributed by atoms with Gasteiger partial charge in [-0.1, -0.05) is 18.4 Å². The Morgan fingerprint density at radius 1 is 1.07 bits per heavy atom. The van der Waals surface area contributed by atoms with E-state index in [2.05, 4.69) is 15.8 Å². The van der Waals surface area contributed by atoms with Gasteiger partial charge in [0.15, 0.2) is 12.1 Å². The Hall–Kier alpha value is -4.39. The molecule has 2 bridgehead atoms. The number of piperidine rings is 1. The third-order valence-electron chi connectivity index (χ3n) is 12.2. The molecule has 2 aromatic heterocycles. The summed E-state index contributed by atoms with van der Waals surface area (Å²) in [4.78, 5) is 18.6. The van der Waals surface area contributed by atoms with Gasteiger partial charge in [-0.15, -0.1) is 6.42 Å². The van der Waals surface area contributed by atoms with Gasteiger partial charge in [-0.25, -0.2) is 13.8 Å². The average molecular weight is 758 g/mol. The number of benzene rings is 2. The molecule has 6 heterocycles. The van der Waals surface area contributed by atoms with Gasteiger partial charge < -0.3 is 38.8 Å². The quantitative estimate of drug-likeness (QED) is 0.237. The molecule has 290 valence electrons. The van der Waals surface area contributed by atoms with Crippen LogP contribution in [0.1, 0.15) is 57.4 Å². The number of rotatable bonds is 7. The second-order valence-electron chi connectivity index (χ2n) is 16.0. The van der Waals surface area contributed by atoms with Gasteiger partial charge in [0.2, 0.25) is 5.88 Å². The molecular weight excluding hydrogens is 712 g/mol. The van der Waals surface area contributed by atoms with Crippen molar-refractivity contribution in [3.05, 3.63) is 41.5 Å². The van der Waals surface area contributed by atoms with Gasteiger partial charge in [0.1, 0.15) is 39.6 Å². The largest absolute Gasteiger partial charge is 0.508 e. The normalized spacial score (nSPS) is 29.6. The van der Waals surface area contributed by atoms with E-state index in [9.17, 15) is 10.2 Å². The molecule has 6 atom stereocenters. The number of β-amino-alcohol motifs (C(OH)–C–C–N with tert-alkyl or cyclic N) is 1. The summed E-state index contributed by atoms with van der Waals surface area (Å²) in [5.41, 5.74) is -1.87. The van der Waals surface area contributed by atoms with E-state index < -0.39 is 17.2 Å². The topological polar surface area (TPSA) is 132 Å². The Morgan fingerprint density at radius 2 is 1.93 bits per heavy atom. The first-order chi connectivity index (χ1) is 26.6. The number of hydrogen-bond acceptors (Lipinski definition) is 12. The van der Waals surface area contributed by atoms with E-state index in [4.69, 9.17) is 40.1 Å². The van der Waals surface area contributed by atoms with Crippen LogP contribution in [0.5, 0.6) is 17.6 Å². The maximum Gasteiger partial charge on any atom is 0.319 e. The monoisotopic (exact) mass is 757 g/mol. The fourth-order valence-electron chi connectivity index (χ4n) is 9.84. The van der Waals surface area contributed by atoms with Crippen molar-refractivity contribution in [2.24, 2.45) is 5.41 Å². The minimum Gasteiger partial charge on any atom is -0.508 e. The number of pyridine rings is 1. The smallest absolute Gasteiger partial charge is 0.319 e. The van der Waals surface area contributed by atoms with E-state index in [1.54, 1.807) is 11.8 Å². The summed E-state index contributed by atoms with van der Waals surface area (Å²) in [6.45, 7) is 4.41. The second-order valence-corrected chi connectivity index (χ2v) is 16.0. The minimum atomic E-state index is -1.25. The van der Waals surface area contributed by atoms with Crippen molar-refractivity contribution in [2.45, 2.75) is 81.9 Å². The molecule has 5 aliphatic rings. The Balaban J connectivity index is 1.16. The second kappa shape index (κ2) is 14.0. The lowest BCUT2D eigenvalue weighted by Gasteiger charge is -2.50. The van der Waals surface area contributed by atoms with Crippen molar-refractivity contribution in [2.75, 3.05) is 58.1 Å². The number of aliphatic hydroxyl groups is 1. The molecule has 4 aromatic rings. The van der Waals surface area contributed by atoms with Crippen LogP contribution in [-0.4, -0.2) is 113 Å². The molecule has 4 aliphatic heterocycles. The van der Waals surface area contributed by atoms with Crippen molar-refractivity contribution in [3.63, 3.8) is 0 Å². The average Bonchev–Trinajstić information content (AvgIpc) is 3.73. The van der Waals surface area contributed by atoms with Crippen molar-refractivity contribution in [1.82, 2.24) is 19.9 Å². The summed E-state index contributed by atoms with van der Waals surface area (Å²) in [7, 11) is 1.40. The highest BCUT2D eigenvalue weighted by atomic mass is 19.1. The van der Waals surface area contributed by atoms with E-state index in [0.29, 0.717) is 25.1 Å². The first kappa shape index (κ1) is 36.3. The van der Waals surface area contributed by atoms with Crippen LogP contribution < -0.4 is 14.4 Å². The molecule has 12 nitrogen and oxygen atoms in total. The number of aromatic nitrogens is 3. The number of terminal acetylenes is 1. The van der Waals surface area contributed by atoms with Crippen LogP contribution in [-0.2, 0) is 14.2 Å². The molecule has 1 saturated carbocycles. The van der Waals surface area contributed by atoms with E-state index in [1.165, 1.54) is 31.4 Å². The standard InChI is InChI=1S/C41H45F2N5O7/c1-4-26-28(42)10-8-23-17-24(49)18-27(31(23)26)34-33(43)35-32(37(44-34)51-3)36(47-15-16-52-21-40(2,50)20-47)46-39(45-35)54-22-41-12-5-7-30(41)48(14-6-13-41)29-11-9-25-19-53-38(29)55-25/h1,8,10,17-18,25,29-30,38,49-50H,5-7,9,11-16,19-22H2,2-3H3/t25?,29?,30-,38?,40+,41-/m1/s1. The molecule has 3 unspecified atom stereocenters. The third kappa shape index (κ3) is 6.30. The highest BCUT2D eigenvalue weighted by Crippen LogP contribution is 2.50. The zero-order valence-corrected chi connectivity index (χ0v) is 31.0. The Kier molecular flexibility index (Phi) is 9.21. The molecular formula is C41H45F2N5O7. The van der Waals surface area contributed by atoms with Crippen LogP contribution in [0.3, 0.4) is 0 Å². The van der Waals surface area contributed by atoms with Gasteiger partial charge in [-0.2, -0.15) is 9.97 Å². The van der Waals surface area contributed by atoms with Gasteiger partial charge in [0.05, 0.1) is 57.8 Å². The third-order valence-corrected chi connectivity index (χ3v) is 12.2. The van der Waals surface area contributed by atoms with Crippen LogP contribution in [0.25, 0.3) is 32.9 Å². The van der Waals surface area contributed by atoms with Gasteiger partial charge >= 0.3 is 6.01 Å². The maximum atomic E-state index is 17.4. The van der Waals surface area contributed by atoms with Crippen molar-refractivity contribution in [1.29, 1.82) is 0 Å². The van der Waals surface area contributed by atoms with E-state index in [-0.39, 0.29) is 106 Å². The zero-order valence-electron chi connectivity index (χ0n) is 31.0. The maximum absolute atomic E-state index is 17.4. The molecule has 5 fully saturated rings.